The van der Waals surface area contributed by atoms with Gasteiger partial charge < -0.3 is 4.74 Å². The second kappa shape index (κ2) is 4.44. The lowest BCUT2D eigenvalue weighted by atomic mass is 9.98. The minimum Gasteiger partial charge on any atom is -0.497 e. The molecular formula is C14H17FN2O. The largest absolute Gasteiger partial charge is 0.497 e. The number of halogens is 1. The van der Waals surface area contributed by atoms with Gasteiger partial charge in [-0.1, -0.05) is 0 Å². The third-order valence-corrected chi connectivity index (χ3v) is 3.26. The predicted octanol–water partition coefficient (Wildman–Crippen LogP) is 3.16. The Labute approximate surface area is 106 Å². The van der Waals surface area contributed by atoms with Gasteiger partial charge >= 0.3 is 0 Å². The number of aromatic nitrogens is 2. The smallest absolute Gasteiger partial charge is 0.135 e. The summed E-state index contributed by atoms with van der Waals surface area (Å²) in [5.41, 5.74) is 4.13. The molecule has 0 fully saturated rings. The highest BCUT2D eigenvalue weighted by atomic mass is 19.1. The van der Waals surface area contributed by atoms with E-state index in [-0.39, 0.29) is 5.82 Å². The Kier molecular flexibility index (Phi) is 3.11. The third-order valence-electron chi connectivity index (χ3n) is 3.26. The normalized spacial score (nSPS) is 10.8. The van der Waals surface area contributed by atoms with E-state index in [1.807, 2.05) is 33.9 Å². The summed E-state index contributed by atoms with van der Waals surface area (Å²) in [4.78, 5) is 0. The van der Waals surface area contributed by atoms with Crippen molar-refractivity contribution in [3.8, 4) is 16.9 Å². The van der Waals surface area contributed by atoms with Crippen LogP contribution in [0, 0.1) is 26.6 Å². The van der Waals surface area contributed by atoms with Crippen molar-refractivity contribution < 1.29 is 9.13 Å². The van der Waals surface area contributed by atoms with Crippen LogP contribution in [-0.2, 0) is 7.05 Å². The summed E-state index contributed by atoms with van der Waals surface area (Å²) in [6.45, 7) is 5.72. The van der Waals surface area contributed by atoms with Crippen molar-refractivity contribution in [1.82, 2.24) is 9.78 Å². The minimum atomic E-state index is -0.272. The Morgan fingerprint density at radius 2 is 1.83 bits per heavy atom. The summed E-state index contributed by atoms with van der Waals surface area (Å²) >= 11 is 0. The van der Waals surface area contributed by atoms with Gasteiger partial charge in [0, 0.05) is 29.9 Å². The topological polar surface area (TPSA) is 27.1 Å². The fraction of sp³-hybridized carbons (Fsp3) is 0.357. The standard InChI is InChI=1S/C14H17FN2O/c1-8-6-11(18-5)7-12(15)13(8)14-9(2)16-17(4)10(14)3/h6-7H,1-5H3. The summed E-state index contributed by atoms with van der Waals surface area (Å²) in [6.07, 6.45) is 0. The summed E-state index contributed by atoms with van der Waals surface area (Å²) in [5, 5.41) is 4.33. The molecule has 1 aromatic carbocycles. The van der Waals surface area contributed by atoms with Crippen LogP contribution in [0.5, 0.6) is 5.75 Å². The summed E-state index contributed by atoms with van der Waals surface area (Å²) in [6, 6.07) is 3.25. The number of hydrogen-bond donors (Lipinski definition) is 0. The minimum absolute atomic E-state index is 0.272. The van der Waals surface area contributed by atoms with E-state index in [0.717, 1.165) is 22.5 Å². The molecule has 3 nitrogen and oxygen atoms in total. The zero-order valence-corrected chi connectivity index (χ0v) is 11.3. The number of aryl methyl sites for hydroxylation is 3. The average molecular weight is 248 g/mol. The molecule has 1 heterocycles. The first-order valence-corrected chi connectivity index (χ1v) is 5.80. The van der Waals surface area contributed by atoms with Crippen molar-refractivity contribution in [2.24, 2.45) is 7.05 Å². The molecule has 0 N–H and O–H groups in total. The molecule has 0 aliphatic rings. The van der Waals surface area contributed by atoms with E-state index in [2.05, 4.69) is 5.10 Å². The molecule has 0 aliphatic carbocycles. The van der Waals surface area contributed by atoms with E-state index < -0.39 is 0 Å². The fourth-order valence-corrected chi connectivity index (χ4v) is 2.28. The number of benzene rings is 1. The molecule has 0 aliphatic heterocycles. The molecule has 18 heavy (non-hydrogen) atoms. The van der Waals surface area contributed by atoms with E-state index in [4.69, 9.17) is 4.74 Å². The Balaban J connectivity index is 2.71. The number of hydrogen-bond acceptors (Lipinski definition) is 2. The van der Waals surface area contributed by atoms with Crippen LogP contribution >= 0.6 is 0 Å². The Hall–Kier alpha value is -1.84. The summed E-state index contributed by atoms with van der Waals surface area (Å²) < 4.78 is 21.1. The van der Waals surface area contributed by atoms with Gasteiger partial charge in [-0.15, -0.1) is 0 Å². The van der Waals surface area contributed by atoms with Gasteiger partial charge in [0.2, 0.25) is 0 Å². The van der Waals surface area contributed by atoms with Crippen LogP contribution in [-0.4, -0.2) is 16.9 Å². The lowest BCUT2D eigenvalue weighted by molar-refractivity contribution is 0.411. The Morgan fingerprint density at radius 3 is 2.28 bits per heavy atom. The molecule has 0 spiro atoms. The highest BCUT2D eigenvalue weighted by molar-refractivity contribution is 5.73. The van der Waals surface area contributed by atoms with Crippen molar-refractivity contribution in [3.05, 3.63) is 34.9 Å². The maximum absolute atomic E-state index is 14.2. The third kappa shape index (κ3) is 1.88. The van der Waals surface area contributed by atoms with Crippen LogP contribution in [0.25, 0.3) is 11.1 Å². The van der Waals surface area contributed by atoms with Crippen molar-refractivity contribution in [2.75, 3.05) is 7.11 Å². The lowest BCUT2D eigenvalue weighted by Gasteiger charge is -2.10. The van der Waals surface area contributed by atoms with Crippen LogP contribution in [0.1, 0.15) is 17.0 Å². The first-order valence-electron chi connectivity index (χ1n) is 5.80. The van der Waals surface area contributed by atoms with E-state index in [1.54, 1.807) is 4.68 Å². The quantitative estimate of drug-likeness (QED) is 0.816. The molecule has 0 amide bonds. The maximum Gasteiger partial charge on any atom is 0.135 e. The van der Waals surface area contributed by atoms with Gasteiger partial charge in [0.15, 0.2) is 0 Å². The van der Waals surface area contributed by atoms with Crippen molar-refractivity contribution in [3.63, 3.8) is 0 Å². The van der Waals surface area contributed by atoms with E-state index >= 15 is 0 Å². The first kappa shape index (κ1) is 12.6. The molecule has 0 radical (unpaired) electrons. The van der Waals surface area contributed by atoms with Gasteiger partial charge in [-0.3, -0.25) is 4.68 Å². The lowest BCUT2D eigenvalue weighted by Crippen LogP contribution is -1.96. The highest BCUT2D eigenvalue weighted by Gasteiger charge is 2.18. The van der Waals surface area contributed by atoms with E-state index in [1.165, 1.54) is 13.2 Å². The first-order chi connectivity index (χ1) is 8.45. The molecule has 0 saturated carbocycles. The number of methoxy groups -OCH3 is 1. The molecule has 0 bridgehead atoms. The second-order valence-corrected chi connectivity index (χ2v) is 4.47. The van der Waals surface area contributed by atoms with Gasteiger partial charge in [0.1, 0.15) is 11.6 Å². The zero-order valence-electron chi connectivity index (χ0n) is 11.3. The van der Waals surface area contributed by atoms with Crippen LogP contribution in [0.15, 0.2) is 12.1 Å². The molecule has 0 unspecified atom stereocenters. The van der Waals surface area contributed by atoms with Gasteiger partial charge in [-0.05, 0) is 32.4 Å². The predicted molar refractivity (Wildman–Crippen MR) is 69.4 cm³/mol. The van der Waals surface area contributed by atoms with Gasteiger partial charge in [0.25, 0.3) is 0 Å². The highest BCUT2D eigenvalue weighted by Crippen LogP contribution is 2.34. The second-order valence-electron chi connectivity index (χ2n) is 4.47. The zero-order chi connectivity index (χ0) is 13.4. The van der Waals surface area contributed by atoms with Crippen molar-refractivity contribution >= 4 is 0 Å². The average Bonchev–Trinajstić information content (AvgIpc) is 2.54. The number of rotatable bonds is 2. The molecule has 2 aromatic rings. The van der Waals surface area contributed by atoms with Gasteiger partial charge in [-0.2, -0.15) is 5.10 Å². The summed E-state index contributed by atoms with van der Waals surface area (Å²) in [7, 11) is 3.40. The summed E-state index contributed by atoms with van der Waals surface area (Å²) in [5.74, 6) is 0.263. The Morgan fingerprint density at radius 1 is 1.17 bits per heavy atom. The maximum atomic E-state index is 14.2. The van der Waals surface area contributed by atoms with Crippen LogP contribution in [0.4, 0.5) is 4.39 Å². The molecule has 4 heteroatoms. The molecule has 96 valence electrons. The SMILES string of the molecule is COc1cc(C)c(-c2c(C)nn(C)c2C)c(F)c1. The van der Waals surface area contributed by atoms with Gasteiger partial charge in [0.05, 0.1) is 12.8 Å². The van der Waals surface area contributed by atoms with E-state index in [9.17, 15) is 4.39 Å². The molecule has 0 saturated heterocycles. The van der Waals surface area contributed by atoms with Gasteiger partial charge in [-0.25, -0.2) is 4.39 Å². The van der Waals surface area contributed by atoms with Crippen LogP contribution in [0.2, 0.25) is 0 Å². The monoisotopic (exact) mass is 248 g/mol. The fourth-order valence-electron chi connectivity index (χ4n) is 2.28. The van der Waals surface area contributed by atoms with Crippen molar-refractivity contribution in [1.29, 1.82) is 0 Å². The molecular weight excluding hydrogens is 231 g/mol. The Bertz CT molecular complexity index is 579. The molecule has 0 atom stereocenters. The van der Waals surface area contributed by atoms with Crippen molar-refractivity contribution in [2.45, 2.75) is 20.8 Å². The molecule has 1 aromatic heterocycles. The number of nitrogens with zero attached hydrogens (tertiary/aromatic N) is 2. The number of ether oxygens (including phenoxy) is 1. The van der Waals surface area contributed by atoms with E-state index in [0.29, 0.717) is 11.3 Å². The molecule has 2 rings (SSSR count). The van der Waals surface area contributed by atoms with Crippen LogP contribution in [0.3, 0.4) is 0 Å². The van der Waals surface area contributed by atoms with Crippen LogP contribution < -0.4 is 4.74 Å².